The lowest BCUT2D eigenvalue weighted by molar-refractivity contribution is -0.133. The molecule has 2 heterocycles. The number of carbonyl (C=O) groups is 2. The zero-order valence-corrected chi connectivity index (χ0v) is 20.8. The van der Waals surface area contributed by atoms with Crippen LogP contribution in [0, 0.1) is 0 Å². The number of nitrogens with zero attached hydrogens (tertiary/aromatic N) is 2. The molecule has 0 aliphatic carbocycles. The van der Waals surface area contributed by atoms with Crippen LogP contribution in [0.1, 0.15) is 25.2 Å². The van der Waals surface area contributed by atoms with Gasteiger partial charge in [0.15, 0.2) is 11.5 Å². The molecule has 0 fully saturated rings. The number of urea groups is 1. The molecular formula is C25H25Cl2N3O5. The van der Waals surface area contributed by atoms with Crippen molar-refractivity contribution in [2.75, 3.05) is 18.7 Å². The predicted molar refractivity (Wildman–Crippen MR) is 133 cm³/mol. The van der Waals surface area contributed by atoms with Gasteiger partial charge in [0.1, 0.15) is 12.3 Å². The summed E-state index contributed by atoms with van der Waals surface area (Å²) in [6.45, 7) is 4.25. The smallest absolute Gasteiger partial charge is 0.322 e. The maximum Gasteiger partial charge on any atom is 0.322 e. The van der Waals surface area contributed by atoms with E-state index in [9.17, 15) is 9.59 Å². The summed E-state index contributed by atoms with van der Waals surface area (Å²) >= 11 is 12.1. The van der Waals surface area contributed by atoms with Gasteiger partial charge in [-0.3, -0.25) is 4.79 Å². The highest BCUT2D eigenvalue weighted by Crippen LogP contribution is 2.33. The Hall–Kier alpha value is -3.36. The molecular weight excluding hydrogens is 493 g/mol. The third-order valence-corrected chi connectivity index (χ3v) is 6.00. The number of hydrogen-bond acceptors (Lipinski definition) is 5. The SMILES string of the molecule is CC(C)N(CC(=O)N(Cc1ccc2c(c1)OCO2)Cc1ccco1)C(=O)Nc1ccc(Cl)cc1Cl. The highest BCUT2D eigenvalue weighted by Gasteiger charge is 2.25. The van der Waals surface area contributed by atoms with Gasteiger partial charge in [0.2, 0.25) is 12.7 Å². The number of carbonyl (C=O) groups excluding carboxylic acids is 2. The lowest BCUT2D eigenvalue weighted by Gasteiger charge is -2.30. The molecule has 2 aromatic carbocycles. The van der Waals surface area contributed by atoms with Crippen LogP contribution < -0.4 is 14.8 Å². The molecule has 1 aliphatic heterocycles. The molecule has 0 saturated carbocycles. The van der Waals surface area contributed by atoms with Crippen molar-refractivity contribution in [3.63, 3.8) is 0 Å². The molecule has 8 nitrogen and oxygen atoms in total. The minimum absolute atomic E-state index is 0.139. The van der Waals surface area contributed by atoms with Crippen molar-refractivity contribution in [1.82, 2.24) is 9.80 Å². The maximum absolute atomic E-state index is 13.5. The topological polar surface area (TPSA) is 84.2 Å². The zero-order valence-electron chi connectivity index (χ0n) is 19.3. The zero-order chi connectivity index (χ0) is 24.9. The van der Waals surface area contributed by atoms with Gasteiger partial charge in [-0.2, -0.15) is 0 Å². The molecule has 0 spiro atoms. The molecule has 3 amide bonds. The van der Waals surface area contributed by atoms with Crippen molar-refractivity contribution >= 4 is 40.8 Å². The van der Waals surface area contributed by atoms with Gasteiger partial charge in [0.05, 0.1) is 23.5 Å². The minimum Gasteiger partial charge on any atom is -0.467 e. The fraction of sp³-hybridized carbons (Fsp3) is 0.280. The molecule has 1 aromatic heterocycles. The molecule has 1 aliphatic rings. The molecule has 0 atom stereocenters. The van der Waals surface area contributed by atoms with Crippen molar-refractivity contribution in [1.29, 1.82) is 0 Å². The van der Waals surface area contributed by atoms with Crippen LogP contribution in [-0.2, 0) is 17.9 Å². The number of hydrogen-bond donors (Lipinski definition) is 1. The monoisotopic (exact) mass is 517 g/mol. The summed E-state index contributed by atoms with van der Waals surface area (Å²) in [4.78, 5) is 29.6. The van der Waals surface area contributed by atoms with E-state index >= 15 is 0 Å². The van der Waals surface area contributed by atoms with Gasteiger partial charge < -0.3 is 29.0 Å². The van der Waals surface area contributed by atoms with Gasteiger partial charge in [-0.15, -0.1) is 0 Å². The Balaban J connectivity index is 1.50. The van der Waals surface area contributed by atoms with Crippen LogP contribution in [-0.4, -0.2) is 41.1 Å². The summed E-state index contributed by atoms with van der Waals surface area (Å²) < 4.78 is 16.3. The van der Waals surface area contributed by atoms with E-state index in [-0.39, 0.29) is 31.8 Å². The quantitative estimate of drug-likeness (QED) is 0.408. The first-order chi connectivity index (χ1) is 16.8. The Morgan fingerprint density at radius 1 is 1.03 bits per heavy atom. The largest absolute Gasteiger partial charge is 0.467 e. The molecule has 0 bridgehead atoms. The van der Waals surface area contributed by atoms with Crippen LogP contribution in [0.15, 0.2) is 59.2 Å². The second-order valence-electron chi connectivity index (χ2n) is 8.29. The van der Waals surface area contributed by atoms with E-state index in [4.69, 9.17) is 37.1 Å². The molecule has 0 unspecified atom stereocenters. The molecule has 3 aromatic rings. The number of benzene rings is 2. The Bertz CT molecular complexity index is 1200. The summed E-state index contributed by atoms with van der Waals surface area (Å²) in [6.07, 6.45) is 1.56. The van der Waals surface area contributed by atoms with Gasteiger partial charge >= 0.3 is 6.03 Å². The van der Waals surface area contributed by atoms with Crippen LogP contribution in [0.3, 0.4) is 0 Å². The van der Waals surface area contributed by atoms with Gasteiger partial charge in [0, 0.05) is 17.6 Å². The van der Waals surface area contributed by atoms with E-state index in [2.05, 4.69) is 5.32 Å². The number of anilines is 1. The average Bonchev–Trinajstić information content (AvgIpc) is 3.50. The molecule has 1 N–H and O–H groups in total. The molecule has 184 valence electrons. The van der Waals surface area contributed by atoms with Crippen LogP contribution in [0.2, 0.25) is 10.0 Å². The molecule has 10 heteroatoms. The van der Waals surface area contributed by atoms with Crippen LogP contribution in [0.25, 0.3) is 0 Å². The van der Waals surface area contributed by atoms with E-state index in [1.54, 1.807) is 41.5 Å². The number of halogens is 2. The first kappa shape index (κ1) is 24.8. The highest BCUT2D eigenvalue weighted by molar-refractivity contribution is 6.36. The van der Waals surface area contributed by atoms with Gasteiger partial charge in [0.25, 0.3) is 0 Å². The number of furan rings is 1. The van der Waals surface area contributed by atoms with E-state index in [0.717, 1.165) is 5.56 Å². The van der Waals surface area contributed by atoms with Gasteiger partial charge in [-0.05, 0) is 61.9 Å². The van der Waals surface area contributed by atoms with Crippen molar-refractivity contribution in [2.24, 2.45) is 0 Å². The van der Waals surface area contributed by atoms with Crippen LogP contribution in [0.5, 0.6) is 11.5 Å². The maximum atomic E-state index is 13.5. The van der Waals surface area contributed by atoms with Crippen LogP contribution in [0.4, 0.5) is 10.5 Å². The predicted octanol–water partition coefficient (Wildman–Crippen LogP) is 5.79. The third-order valence-electron chi connectivity index (χ3n) is 5.45. The summed E-state index contributed by atoms with van der Waals surface area (Å²) in [5, 5.41) is 3.53. The summed E-state index contributed by atoms with van der Waals surface area (Å²) in [7, 11) is 0. The number of fused-ring (bicyclic) bond motifs is 1. The molecule has 4 rings (SSSR count). The Kier molecular flexibility index (Phi) is 7.73. The third kappa shape index (κ3) is 6.21. The van der Waals surface area contributed by atoms with E-state index < -0.39 is 6.03 Å². The van der Waals surface area contributed by atoms with Crippen LogP contribution >= 0.6 is 23.2 Å². The first-order valence-electron chi connectivity index (χ1n) is 11.0. The van der Waals surface area contributed by atoms with Crippen molar-refractivity contribution < 1.29 is 23.5 Å². The summed E-state index contributed by atoms with van der Waals surface area (Å²) in [6, 6.07) is 13.2. The van der Waals surface area contributed by atoms with E-state index in [1.165, 1.54) is 4.90 Å². The number of amides is 3. The fourth-order valence-electron chi connectivity index (χ4n) is 3.60. The van der Waals surface area contributed by atoms with Crippen molar-refractivity contribution in [3.05, 3.63) is 76.2 Å². The number of ether oxygens (including phenoxy) is 2. The van der Waals surface area contributed by atoms with Gasteiger partial charge in [-0.1, -0.05) is 29.3 Å². The second kappa shape index (κ2) is 10.9. The molecule has 35 heavy (non-hydrogen) atoms. The van der Waals surface area contributed by atoms with E-state index in [0.29, 0.717) is 39.5 Å². The number of rotatable bonds is 8. The van der Waals surface area contributed by atoms with Gasteiger partial charge in [-0.25, -0.2) is 4.79 Å². The van der Waals surface area contributed by atoms with E-state index in [1.807, 2.05) is 32.0 Å². The minimum atomic E-state index is -0.446. The number of nitrogens with one attached hydrogen (secondary N) is 1. The van der Waals surface area contributed by atoms with Crippen molar-refractivity contribution in [2.45, 2.75) is 33.0 Å². The Morgan fingerprint density at radius 2 is 1.83 bits per heavy atom. The normalized spacial score (nSPS) is 12.0. The lowest BCUT2D eigenvalue weighted by Crippen LogP contribution is -2.47. The summed E-state index contributed by atoms with van der Waals surface area (Å²) in [5.74, 6) is 1.69. The molecule has 0 saturated heterocycles. The average molecular weight is 518 g/mol. The lowest BCUT2D eigenvalue weighted by atomic mass is 10.1. The van der Waals surface area contributed by atoms with Crippen molar-refractivity contribution in [3.8, 4) is 11.5 Å². The highest BCUT2D eigenvalue weighted by atomic mass is 35.5. The summed E-state index contributed by atoms with van der Waals surface area (Å²) in [5.41, 5.74) is 1.27. The fourth-order valence-corrected chi connectivity index (χ4v) is 4.05. The Labute approximate surface area is 213 Å². The standard InChI is InChI=1S/C25H25Cl2N3O5/c1-16(2)30(25(32)28-21-7-6-18(26)11-20(21)27)14-24(31)29(13-19-4-3-9-33-19)12-17-5-8-22-23(10-17)35-15-34-22/h3-11,16H,12-15H2,1-2H3,(H,28,32). The Morgan fingerprint density at radius 3 is 2.54 bits per heavy atom. The second-order valence-corrected chi connectivity index (χ2v) is 9.14. The first-order valence-corrected chi connectivity index (χ1v) is 11.8. The molecule has 0 radical (unpaired) electrons.